The molecule has 0 saturated carbocycles. The van der Waals surface area contributed by atoms with Gasteiger partial charge in [0.25, 0.3) is 5.91 Å². The van der Waals surface area contributed by atoms with E-state index in [1.54, 1.807) is 6.07 Å². The number of nitrogens with one attached hydrogen (secondary N) is 2. The fourth-order valence-corrected chi connectivity index (χ4v) is 3.34. The third-order valence-corrected chi connectivity index (χ3v) is 4.87. The quantitative estimate of drug-likeness (QED) is 0.776. The van der Waals surface area contributed by atoms with Crippen molar-refractivity contribution < 1.29 is 9.59 Å². The molecule has 0 bridgehead atoms. The summed E-state index contributed by atoms with van der Waals surface area (Å²) in [6.45, 7) is 4.02. The molecule has 0 aromatic heterocycles. The van der Waals surface area contributed by atoms with E-state index in [9.17, 15) is 9.59 Å². The van der Waals surface area contributed by atoms with Crippen molar-refractivity contribution in [2.45, 2.75) is 32.9 Å². The molecule has 2 aromatic rings. The topological polar surface area (TPSA) is 61.4 Å². The monoisotopic (exact) mass is 415 g/mol. The van der Waals surface area contributed by atoms with Gasteiger partial charge >= 0.3 is 0 Å². The number of anilines is 1. The van der Waals surface area contributed by atoms with Gasteiger partial charge in [0.15, 0.2) is 0 Å². The number of amides is 2. The van der Waals surface area contributed by atoms with Gasteiger partial charge in [0.05, 0.1) is 5.56 Å². The fraction of sp³-hybridized carbons (Fsp3) is 0.300. The average molecular weight is 416 g/mol. The van der Waals surface area contributed by atoms with Crippen LogP contribution in [0.4, 0.5) is 5.69 Å². The molecule has 1 unspecified atom stereocenters. The first-order chi connectivity index (χ1) is 12.5. The molecule has 26 heavy (non-hydrogen) atoms. The molecular weight excluding hydrogens is 394 g/mol. The summed E-state index contributed by atoms with van der Waals surface area (Å²) >= 11 is 3.40. The molecule has 0 aliphatic carbocycles. The third-order valence-electron chi connectivity index (χ3n) is 4.37. The number of hydrazine groups is 1. The summed E-state index contributed by atoms with van der Waals surface area (Å²) in [5.41, 5.74) is 5.22. The summed E-state index contributed by atoms with van der Waals surface area (Å²) in [7, 11) is 0. The molecule has 1 aliphatic heterocycles. The largest absolute Gasteiger partial charge is 0.363 e. The zero-order chi connectivity index (χ0) is 18.7. The smallest absolute Gasteiger partial charge is 0.276 e. The number of halogens is 1. The van der Waals surface area contributed by atoms with Crippen LogP contribution < -0.4 is 10.7 Å². The molecule has 3 rings (SSSR count). The summed E-state index contributed by atoms with van der Waals surface area (Å²) in [6, 6.07) is 15.4. The number of hydrogen-bond acceptors (Lipinski definition) is 3. The minimum atomic E-state index is -0.295. The molecule has 0 spiro atoms. The van der Waals surface area contributed by atoms with Crippen molar-refractivity contribution in [1.82, 2.24) is 10.4 Å². The van der Waals surface area contributed by atoms with Crippen molar-refractivity contribution in [1.29, 1.82) is 0 Å². The minimum Gasteiger partial charge on any atom is -0.363 e. The van der Waals surface area contributed by atoms with Crippen LogP contribution in [0.3, 0.4) is 0 Å². The molecule has 2 amide bonds. The molecule has 6 heteroatoms. The van der Waals surface area contributed by atoms with E-state index in [1.807, 2.05) is 56.3 Å². The van der Waals surface area contributed by atoms with E-state index in [-0.39, 0.29) is 23.9 Å². The van der Waals surface area contributed by atoms with E-state index in [0.717, 1.165) is 15.7 Å². The van der Waals surface area contributed by atoms with Crippen LogP contribution in [0.2, 0.25) is 0 Å². The summed E-state index contributed by atoms with van der Waals surface area (Å²) < 4.78 is 0.824. The molecule has 1 atom stereocenters. The zero-order valence-corrected chi connectivity index (χ0v) is 16.4. The van der Waals surface area contributed by atoms with Crippen LogP contribution in [0.25, 0.3) is 0 Å². The van der Waals surface area contributed by atoms with E-state index >= 15 is 0 Å². The maximum absolute atomic E-state index is 12.9. The van der Waals surface area contributed by atoms with Crippen molar-refractivity contribution in [3.63, 3.8) is 0 Å². The number of carbonyl (C=O) groups is 2. The van der Waals surface area contributed by atoms with Gasteiger partial charge in [-0.1, -0.05) is 60.1 Å². The molecule has 2 aromatic carbocycles. The number of rotatable bonds is 5. The molecule has 1 aliphatic rings. The third kappa shape index (κ3) is 4.07. The van der Waals surface area contributed by atoms with Crippen LogP contribution in [0.5, 0.6) is 0 Å². The lowest BCUT2D eigenvalue weighted by molar-refractivity contribution is -0.126. The standard InChI is InChI=1S/C20H22BrN3O2/c1-13(2)19-22-17-10-9-15(21)12-16(17)20(26)24(19)23-18(25)11-8-14-6-4-3-5-7-14/h3-7,9-10,12-13,19,22H,8,11H2,1-2H3,(H,23,25). The highest BCUT2D eigenvalue weighted by molar-refractivity contribution is 9.10. The molecule has 0 fully saturated rings. The van der Waals surface area contributed by atoms with Gasteiger partial charge in [0.1, 0.15) is 6.17 Å². The Morgan fingerprint density at radius 2 is 1.96 bits per heavy atom. The SMILES string of the molecule is CC(C)C1Nc2ccc(Br)cc2C(=O)N1NC(=O)CCc1ccccc1. The first-order valence-corrected chi connectivity index (χ1v) is 9.48. The van der Waals surface area contributed by atoms with Gasteiger partial charge in [-0.3, -0.25) is 15.0 Å². The summed E-state index contributed by atoms with van der Waals surface area (Å²) in [4.78, 5) is 25.4. The maximum Gasteiger partial charge on any atom is 0.276 e. The van der Waals surface area contributed by atoms with E-state index in [2.05, 4.69) is 26.7 Å². The second-order valence-corrected chi connectivity index (χ2v) is 7.63. The maximum atomic E-state index is 12.9. The zero-order valence-electron chi connectivity index (χ0n) is 14.8. The summed E-state index contributed by atoms with van der Waals surface area (Å²) in [6.07, 6.45) is 0.664. The molecule has 0 radical (unpaired) electrons. The van der Waals surface area contributed by atoms with Crippen LogP contribution in [-0.2, 0) is 11.2 Å². The van der Waals surface area contributed by atoms with Crippen LogP contribution >= 0.6 is 15.9 Å². The lowest BCUT2D eigenvalue weighted by atomic mass is 10.0. The average Bonchev–Trinajstić information content (AvgIpc) is 2.63. The number of nitrogens with zero attached hydrogens (tertiary/aromatic N) is 1. The predicted molar refractivity (Wildman–Crippen MR) is 105 cm³/mol. The number of benzene rings is 2. The Morgan fingerprint density at radius 1 is 1.23 bits per heavy atom. The van der Waals surface area contributed by atoms with Gasteiger partial charge in [-0.25, -0.2) is 5.01 Å². The van der Waals surface area contributed by atoms with Crippen molar-refractivity contribution in [3.05, 3.63) is 64.1 Å². The Balaban J connectivity index is 1.73. The second kappa shape index (κ2) is 7.91. The van der Waals surface area contributed by atoms with E-state index in [0.29, 0.717) is 18.4 Å². The summed E-state index contributed by atoms with van der Waals surface area (Å²) in [5.74, 6) is -0.245. The lowest BCUT2D eigenvalue weighted by Crippen LogP contribution is -2.59. The number of hydrogen-bond donors (Lipinski definition) is 2. The second-order valence-electron chi connectivity index (χ2n) is 6.72. The highest BCUT2D eigenvalue weighted by Gasteiger charge is 2.35. The van der Waals surface area contributed by atoms with Crippen molar-refractivity contribution in [2.75, 3.05) is 5.32 Å². The molecule has 1 heterocycles. The normalized spacial score (nSPS) is 16.2. The Bertz CT molecular complexity index is 808. The first-order valence-electron chi connectivity index (χ1n) is 8.69. The Kier molecular flexibility index (Phi) is 5.61. The minimum absolute atomic E-state index is 0.130. The number of aryl methyl sites for hydroxylation is 1. The van der Waals surface area contributed by atoms with Crippen LogP contribution in [0.15, 0.2) is 53.0 Å². The van der Waals surface area contributed by atoms with Gasteiger partial charge in [-0.05, 0) is 36.1 Å². The molecule has 5 nitrogen and oxygen atoms in total. The van der Waals surface area contributed by atoms with Gasteiger partial charge in [0, 0.05) is 16.6 Å². The molecule has 2 N–H and O–H groups in total. The van der Waals surface area contributed by atoms with Gasteiger partial charge in [-0.15, -0.1) is 0 Å². The summed E-state index contributed by atoms with van der Waals surface area (Å²) in [5, 5.41) is 4.78. The van der Waals surface area contributed by atoms with E-state index < -0.39 is 0 Å². The Morgan fingerprint density at radius 3 is 2.65 bits per heavy atom. The van der Waals surface area contributed by atoms with Gasteiger partial charge < -0.3 is 5.32 Å². The highest BCUT2D eigenvalue weighted by Crippen LogP contribution is 2.29. The lowest BCUT2D eigenvalue weighted by Gasteiger charge is -2.39. The van der Waals surface area contributed by atoms with Crippen molar-refractivity contribution in [3.8, 4) is 0 Å². The number of fused-ring (bicyclic) bond motifs is 1. The number of carbonyl (C=O) groups excluding carboxylic acids is 2. The Labute approximate surface area is 161 Å². The fourth-order valence-electron chi connectivity index (χ4n) is 2.98. The molecular formula is C20H22BrN3O2. The Hall–Kier alpha value is -2.34. The highest BCUT2D eigenvalue weighted by atomic mass is 79.9. The van der Waals surface area contributed by atoms with Crippen LogP contribution in [0.1, 0.15) is 36.2 Å². The van der Waals surface area contributed by atoms with E-state index in [4.69, 9.17) is 0 Å². The van der Waals surface area contributed by atoms with Crippen LogP contribution in [-0.4, -0.2) is 23.0 Å². The van der Waals surface area contributed by atoms with Crippen molar-refractivity contribution in [2.24, 2.45) is 5.92 Å². The van der Waals surface area contributed by atoms with E-state index in [1.165, 1.54) is 5.01 Å². The first kappa shape index (κ1) is 18.5. The van der Waals surface area contributed by atoms with Gasteiger partial charge in [-0.2, -0.15) is 0 Å². The van der Waals surface area contributed by atoms with Crippen molar-refractivity contribution >= 4 is 33.4 Å². The molecule has 0 saturated heterocycles. The predicted octanol–water partition coefficient (Wildman–Crippen LogP) is 3.96. The van der Waals surface area contributed by atoms with Gasteiger partial charge in [0.2, 0.25) is 5.91 Å². The van der Waals surface area contributed by atoms with Crippen LogP contribution in [0, 0.1) is 5.92 Å². The molecule has 136 valence electrons.